The molecule has 1 aromatic rings. The standard InChI is InChI=1S/C21H27NO3/c1-16(2)13-18(23)11-12-21(15-22,19(24)25-20(3,4)5)14-17-9-7-6-8-10-17/h6-12,16H,13-14H2,1-5H3/b12-11+/t21-/m1/s1. The third-order valence-electron chi connectivity index (χ3n) is 3.45. The fourth-order valence-electron chi connectivity index (χ4n) is 2.31. The van der Waals surface area contributed by atoms with E-state index in [2.05, 4.69) is 6.07 Å². The van der Waals surface area contributed by atoms with Crippen LogP contribution in [-0.2, 0) is 20.7 Å². The Morgan fingerprint density at radius 2 is 1.80 bits per heavy atom. The summed E-state index contributed by atoms with van der Waals surface area (Å²) in [5, 5.41) is 9.79. The zero-order chi connectivity index (χ0) is 19.1. The van der Waals surface area contributed by atoms with Gasteiger partial charge in [-0.25, -0.2) is 4.79 Å². The van der Waals surface area contributed by atoms with E-state index >= 15 is 0 Å². The van der Waals surface area contributed by atoms with E-state index in [1.165, 1.54) is 12.2 Å². The van der Waals surface area contributed by atoms with Crippen LogP contribution >= 0.6 is 0 Å². The number of rotatable bonds is 7. The smallest absolute Gasteiger partial charge is 0.331 e. The lowest BCUT2D eigenvalue weighted by atomic mass is 9.82. The Hall–Kier alpha value is -2.41. The van der Waals surface area contributed by atoms with Crippen LogP contribution in [0.15, 0.2) is 42.5 Å². The predicted octanol–water partition coefficient (Wildman–Crippen LogP) is 4.25. The monoisotopic (exact) mass is 341 g/mol. The molecule has 0 N–H and O–H groups in total. The van der Waals surface area contributed by atoms with Crippen LogP contribution in [0.4, 0.5) is 0 Å². The summed E-state index contributed by atoms with van der Waals surface area (Å²) in [7, 11) is 0. The van der Waals surface area contributed by atoms with Gasteiger partial charge in [0.1, 0.15) is 5.60 Å². The molecule has 25 heavy (non-hydrogen) atoms. The van der Waals surface area contributed by atoms with Crippen molar-refractivity contribution in [2.75, 3.05) is 0 Å². The molecule has 4 heteroatoms. The van der Waals surface area contributed by atoms with Gasteiger partial charge in [0.15, 0.2) is 11.2 Å². The molecule has 1 aromatic carbocycles. The minimum absolute atomic E-state index is 0.105. The van der Waals surface area contributed by atoms with Crippen molar-refractivity contribution in [3.63, 3.8) is 0 Å². The third kappa shape index (κ3) is 6.93. The van der Waals surface area contributed by atoms with Crippen molar-refractivity contribution in [3.8, 4) is 6.07 Å². The minimum atomic E-state index is -1.53. The number of carbonyl (C=O) groups is 2. The average Bonchev–Trinajstić information content (AvgIpc) is 2.50. The molecule has 0 bridgehead atoms. The number of ketones is 1. The first kappa shape index (κ1) is 20.6. The zero-order valence-electron chi connectivity index (χ0n) is 15.7. The molecule has 0 saturated carbocycles. The predicted molar refractivity (Wildman–Crippen MR) is 97.6 cm³/mol. The molecule has 0 amide bonds. The van der Waals surface area contributed by atoms with Gasteiger partial charge in [-0.3, -0.25) is 4.79 Å². The molecule has 0 aliphatic heterocycles. The van der Waals surface area contributed by atoms with Gasteiger partial charge in [-0.05, 0) is 44.4 Å². The summed E-state index contributed by atoms with van der Waals surface area (Å²) in [5.41, 5.74) is -1.41. The Bertz CT molecular complexity index is 663. The molecular formula is C21H27NO3. The highest BCUT2D eigenvalue weighted by Gasteiger charge is 2.40. The van der Waals surface area contributed by atoms with Crippen LogP contribution in [0.5, 0.6) is 0 Å². The molecule has 4 nitrogen and oxygen atoms in total. The number of nitriles is 1. The van der Waals surface area contributed by atoms with Crippen LogP contribution in [0.1, 0.15) is 46.6 Å². The summed E-state index contributed by atoms with van der Waals surface area (Å²) in [5.74, 6) is -0.532. The highest BCUT2D eigenvalue weighted by molar-refractivity contribution is 5.92. The molecule has 1 atom stereocenters. The number of allylic oxidation sites excluding steroid dienone is 1. The lowest BCUT2D eigenvalue weighted by Crippen LogP contribution is -2.37. The highest BCUT2D eigenvalue weighted by atomic mass is 16.6. The number of benzene rings is 1. The summed E-state index contributed by atoms with van der Waals surface area (Å²) < 4.78 is 5.46. The Kier molecular flexibility index (Phi) is 7.11. The van der Waals surface area contributed by atoms with E-state index in [1.54, 1.807) is 20.8 Å². The second-order valence-electron chi connectivity index (χ2n) is 7.65. The molecule has 1 rings (SSSR count). The molecule has 0 spiro atoms. The van der Waals surface area contributed by atoms with E-state index in [-0.39, 0.29) is 18.1 Å². The van der Waals surface area contributed by atoms with Gasteiger partial charge in [-0.15, -0.1) is 0 Å². The summed E-state index contributed by atoms with van der Waals surface area (Å²) in [6.45, 7) is 9.15. The van der Waals surface area contributed by atoms with Crippen molar-refractivity contribution in [2.24, 2.45) is 11.3 Å². The number of ether oxygens (including phenoxy) is 1. The second kappa shape index (κ2) is 8.62. The number of carbonyl (C=O) groups excluding carboxylic acids is 2. The van der Waals surface area contributed by atoms with Gasteiger partial charge in [-0.2, -0.15) is 5.26 Å². The summed E-state index contributed by atoms with van der Waals surface area (Å²) in [4.78, 5) is 24.8. The van der Waals surface area contributed by atoms with Crippen molar-refractivity contribution < 1.29 is 14.3 Å². The van der Waals surface area contributed by atoms with Gasteiger partial charge in [-0.1, -0.05) is 44.2 Å². The third-order valence-corrected chi connectivity index (χ3v) is 3.45. The maximum Gasteiger partial charge on any atom is 0.331 e. The Balaban J connectivity index is 3.19. The second-order valence-corrected chi connectivity index (χ2v) is 7.65. The van der Waals surface area contributed by atoms with Crippen molar-refractivity contribution in [2.45, 2.75) is 53.1 Å². The molecule has 0 aliphatic rings. The van der Waals surface area contributed by atoms with Crippen LogP contribution in [0.3, 0.4) is 0 Å². The van der Waals surface area contributed by atoms with Crippen molar-refractivity contribution in [3.05, 3.63) is 48.0 Å². The van der Waals surface area contributed by atoms with Crippen LogP contribution in [0, 0.1) is 22.7 Å². The van der Waals surface area contributed by atoms with Crippen LogP contribution in [0.2, 0.25) is 0 Å². The largest absolute Gasteiger partial charge is 0.459 e. The maximum absolute atomic E-state index is 12.7. The van der Waals surface area contributed by atoms with Crippen LogP contribution in [-0.4, -0.2) is 17.4 Å². The average molecular weight is 341 g/mol. The maximum atomic E-state index is 12.7. The molecular weight excluding hydrogens is 314 g/mol. The molecule has 0 heterocycles. The zero-order valence-corrected chi connectivity index (χ0v) is 15.7. The Morgan fingerprint density at radius 3 is 2.28 bits per heavy atom. The van der Waals surface area contributed by atoms with E-state index in [9.17, 15) is 14.9 Å². The minimum Gasteiger partial charge on any atom is -0.459 e. The summed E-state index contributed by atoms with van der Waals surface area (Å²) >= 11 is 0. The molecule has 0 aliphatic carbocycles. The first-order valence-electron chi connectivity index (χ1n) is 8.49. The fourth-order valence-corrected chi connectivity index (χ4v) is 2.31. The van der Waals surface area contributed by atoms with E-state index in [1.807, 2.05) is 44.2 Å². The fraction of sp³-hybridized carbons (Fsp3) is 0.476. The SMILES string of the molecule is CC(C)CC(=O)/C=C/[C@](C#N)(Cc1ccccc1)C(=O)OC(C)(C)C. The molecule has 0 unspecified atom stereocenters. The van der Waals surface area contributed by atoms with E-state index in [4.69, 9.17) is 4.74 Å². The van der Waals surface area contributed by atoms with E-state index in [0.717, 1.165) is 5.56 Å². The number of nitrogens with zero attached hydrogens (tertiary/aromatic N) is 1. The summed E-state index contributed by atoms with van der Waals surface area (Å²) in [6, 6.07) is 11.3. The van der Waals surface area contributed by atoms with Crippen LogP contribution < -0.4 is 0 Å². The quantitative estimate of drug-likeness (QED) is 0.549. The topological polar surface area (TPSA) is 67.2 Å². The van der Waals surface area contributed by atoms with E-state index < -0.39 is 17.0 Å². The van der Waals surface area contributed by atoms with Gasteiger partial charge >= 0.3 is 5.97 Å². The number of esters is 1. The van der Waals surface area contributed by atoms with Gasteiger partial charge in [0, 0.05) is 12.8 Å². The van der Waals surface area contributed by atoms with Crippen molar-refractivity contribution >= 4 is 11.8 Å². The molecule has 134 valence electrons. The Morgan fingerprint density at radius 1 is 1.20 bits per heavy atom. The van der Waals surface area contributed by atoms with Gasteiger partial charge in [0.2, 0.25) is 0 Å². The van der Waals surface area contributed by atoms with Crippen molar-refractivity contribution in [1.82, 2.24) is 0 Å². The molecule has 0 fully saturated rings. The highest BCUT2D eigenvalue weighted by Crippen LogP contribution is 2.29. The molecule has 0 radical (unpaired) electrons. The van der Waals surface area contributed by atoms with Crippen molar-refractivity contribution in [1.29, 1.82) is 5.26 Å². The first-order chi connectivity index (χ1) is 11.6. The number of hydrogen-bond acceptors (Lipinski definition) is 4. The van der Waals surface area contributed by atoms with Gasteiger partial charge < -0.3 is 4.74 Å². The molecule has 0 aromatic heterocycles. The lowest BCUT2D eigenvalue weighted by Gasteiger charge is -2.27. The van der Waals surface area contributed by atoms with Gasteiger partial charge in [0.05, 0.1) is 6.07 Å². The normalized spacial score (nSPS) is 14.1. The Labute approximate surface area is 150 Å². The van der Waals surface area contributed by atoms with Crippen LogP contribution in [0.25, 0.3) is 0 Å². The first-order valence-corrected chi connectivity index (χ1v) is 8.49. The number of hydrogen-bond donors (Lipinski definition) is 0. The van der Waals surface area contributed by atoms with Gasteiger partial charge in [0.25, 0.3) is 0 Å². The molecule has 0 saturated heterocycles. The lowest BCUT2D eigenvalue weighted by molar-refractivity contribution is -0.161. The summed E-state index contributed by atoms with van der Waals surface area (Å²) in [6.07, 6.45) is 3.28. The van der Waals surface area contributed by atoms with E-state index in [0.29, 0.717) is 6.42 Å².